The van der Waals surface area contributed by atoms with Crippen molar-refractivity contribution < 1.29 is 9.21 Å². The number of fused-ring (bicyclic) bond motifs is 1. The number of pyridine rings is 1. The molecule has 30 heavy (non-hydrogen) atoms. The summed E-state index contributed by atoms with van der Waals surface area (Å²) in [5, 5.41) is 7.85. The van der Waals surface area contributed by atoms with E-state index in [9.17, 15) is 4.79 Å². The van der Waals surface area contributed by atoms with Gasteiger partial charge in [0.2, 0.25) is 5.89 Å². The Hall–Kier alpha value is -3.23. The largest absolute Gasteiger partial charge is 0.436 e. The molecule has 154 valence electrons. The van der Waals surface area contributed by atoms with Gasteiger partial charge in [-0.2, -0.15) is 5.10 Å². The highest BCUT2D eigenvalue weighted by Gasteiger charge is 2.20. The van der Waals surface area contributed by atoms with E-state index in [-0.39, 0.29) is 18.4 Å². The number of nitrogen functional groups attached to an aromatic ring is 1. The molecule has 1 saturated heterocycles. The lowest BCUT2D eigenvalue weighted by Crippen LogP contribution is -2.29. The van der Waals surface area contributed by atoms with Crippen LogP contribution in [0.25, 0.3) is 33.7 Å². The van der Waals surface area contributed by atoms with Crippen molar-refractivity contribution in [2.75, 3.05) is 18.8 Å². The number of anilines is 1. The van der Waals surface area contributed by atoms with Crippen LogP contribution < -0.4 is 11.1 Å². The Kier molecular flexibility index (Phi) is 5.52. The van der Waals surface area contributed by atoms with E-state index >= 15 is 0 Å². The maximum atomic E-state index is 11.7. The van der Waals surface area contributed by atoms with Gasteiger partial charge in [0.25, 0.3) is 0 Å². The number of piperidine rings is 1. The van der Waals surface area contributed by atoms with Crippen molar-refractivity contribution in [3.63, 3.8) is 0 Å². The van der Waals surface area contributed by atoms with Crippen LogP contribution in [-0.4, -0.2) is 39.1 Å². The number of carbonyl (C=O) groups is 1. The minimum atomic E-state index is 0. The van der Waals surface area contributed by atoms with Crippen LogP contribution in [-0.2, 0) is 0 Å². The summed E-state index contributed by atoms with van der Waals surface area (Å²) in [7, 11) is 0. The number of aldehydes is 1. The predicted molar refractivity (Wildman–Crippen MR) is 117 cm³/mol. The van der Waals surface area contributed by atoms with Crippen molar-refractivity contribution in [2.24, 2.45) is 0 Å². The molecule has 0 radical (unpaired) electrons. The summed E-state index contributed by atoms with van der Waals surface area (Å²) in [5.41, 5.74) is 9.99. The molecule has 1 aliphatic heterocycles. The second kappa shape index (κ2) is 8.25. The minimum Gasteiger partial charge on any atom is -0.436 e. The zero-order chi connectivity index (χ0) is 19.8. The average Bonchev–Trinajstić information content (AvgIpc) is 3.39. The van der Waals surface area contributed by atoms with Gasteiger partial charge in [-0.25, -0.2) is 9.97 Å². The van der Waals surface area contributed by atoms with Crippen LogP contribution >= 0.6 is 12.4 Å². The highest BCUT2D eigenvalue weighted by molar-refractivity contribution is 5.87. The number of halogens is 1. The molecule has 1 aromatic carbocycles. The minimum absolute atomic E-state index is 0. The molecule has 0 amide bonds. The average molecular weight is 425 g/mol. The van der Waals surface area contributed by atoms with Crippen LogP contribution in [0.3, 0.4) is 0 Å². The summed E-state index contributed by atoms with van der Waals surface area (Å²) in [6, 6.07) is 9.65. The van der Waals surface area contributed by atoms with Crippen LogP contribution in [0.5, 0.6) is 0 Å². The summed E-state index contributed by atoms with van der Waals surface area (Å²) >= 11 is 0. The van der Waals surface area contributed by atoms with Gasteiger partial charge in [-0.3, -0.25) is 9.48 Å². The number of nitrogens with one attached hydrogen (secondary N) is 1. The molecule has 4 aromatic rings. The molecule has 0 unspecified atom stereocenters. The summed E-state index contributed by atoms with van der Waals surface area (Å²) in [6.07, 6.45) is 6.31. The molecule has 1 aliphatic rings. The van der Waals surface area contributed by atoms with Gasteiger partial charge in [0.05, 0.1) is 11.6 Å². The molecule has 4 heterocycles. The Morgan fingerprint density at radius 3 is 2.77 bits per heavy atom. The van der Waals surface area contributed by atoms with Crippen molar-refractivity contribution in [1.82, 2.24) is 25.1 Å². The predicted octanol–water partition coefficient (Wildman–Crippen LogP) is 3.49. The summed E-state index contributed by atoms with van der Waals surface area (Å²) in [4.78, 5) is 20.5. The van der Waals surface area contributed by atoms with Crippen molar-refractivity contribution in [3.05, 3.63) is 48.4 Å². The maximum absolute atomic E-state index is 11.7. The fraction of sp³-hybridized carbons (Fsp3) is 0.238. The molecule has 0 saturated carbocycles. The molecule has 3 aromatic heterocycles. The van der Waals surface area contributed by atoms with E-state index in [0.29, 0.717) is 28.5 Å². The zero-order valence-electron chi connectivity index (χ0n) is 16.1. The molecule has 0 aliphatic carbocycles. The van der Waals surface area contributed by atoms with Crippen LogP contribution in [0.4, 0.5) is 5.82 Å². The number of nitrogens with zero attached hydrogens (tertiary/aromatic N) is 4. The second-order valence-corrected chi connectivity index (χ2v) is 7.15. The van der Waals surface area contributed by atoms with E-state index in [0.717, 1.165) is 48.9 Å². The molecule has 9 heteroatoms. The first kappa shape index (κ1) is 20.1. The maximum Gasteiger partial charge on any atom is 0.231 e. The quantitative estimate of drug-likeness (QED) is 0.482. The van der Waals surface area contributed by atoms with E-state index in [4.69, 9.17) is 10.2 Å². The number of oxazole rings is 1. The van der Waals surface area contributed by atoms with Crippen molar-refractivity contribution in [1.29, 1.82) is 0 Å². The molecule has 0 atom stereocenters. The molecule has 1 fully saturated rings. The third kappa shape index (κ3) is 3.55. The molecular formula is C21H21ClN6O2. The van der Waals surface area contributed by atoms with Crippen LogP contribution in [0.15, 0.2) is 47.1 Å². The number of hydrogen-bond donors (Lipinski definition) is 2. The normalized spacial score (nSPS) is 14.5. The number of rotatable bonds is 4. The highest BCUT2D eigenvalue weighted by Crippen LogP contribution is 2.33. The Morgan fingerprint density at radius 1 is 1.20 bits per heavy atom. The summed E-state index contributed by atoms with van der Waals surface area (Å²) in [5.74, 6) is 0.718. The topological polar surface area (TPSA) is 112 Å². The van der Waals surface area contributed by atoms with Crippen LogP contribution in [0, 0.1) is 0 Å². The van der Waals surface area contributed by atoms with Crippen molar-refractivity contribution >= 4 is 35.6 Å². The van der Waals surface area contributed by atoms with Crippen LogP contribution in [0.1, 0.15) is 29.4 Å². The standard InChI is InChI=1S/C21H20N6O2.ClH/c22-20-15(21-25-17-3-1-2-4-19(17)29-21)9-13(10-24-20)16-11-27(26-18(16)12-28)14-5-7-23-8-6-14;/h1-4,9-12,14,23H,5-8H2,(H2,22,24);1H. The number of hydrogen-bond acceptors (Lipinski definition) is 7. The van der Waals surface area contributed by atoms with Gasteiger partial charge in [0, 0.05) is 23.5 Å². The second-order valence-electron chi connectivity index (χ2n) is 7.15. The van der Waals surface area contributed by atoms with Crippen molar-refractivity contribution in [2.45, 2.75) is 18.9 Å². The van der Waals surface area contributed by atoms with Gasteiger partial charge in [-0.05, 0) is 44.1 Å². The Balaban J connectivity index is 0.00000218. The Labute approximate surface area is 178 Å². The molecular weight excluding hydrogens is 404 g/mol. The van der Waals surface area contributed by atoms with Gasteiger partial charge in [-0.15, -0.1) is 12.4 Å². The molecule has 5 rings (SSSR count). The fourth-order valence-corrected chi connectivity index (χ4v) is 3.75. The first-order valence-electron chi connectivity index (χ1n) is 9.60. The lowest BCUT2D eigenvalue weighted by molar-refractivity contribution is 0.111. The number of nitrogens with two attached hydrogens (primary N) is 1. The Bertz CT molecular complexity index is 1160. The van der Waals surface area contributed by atoms with Gasteiger partial charge < -0.3 is 15.5 Å². The SMILES string of the molecule is Cl.Nc1ncc(-c2cn(C3CCNCC3)nc2C=O)cc1-c1nc2ccccc2o1. The van der Waals surface area contributed by atoms with Gasteiger partial charge in [0.1, 0.15) is 17.0 Å². The van der Waals surface area contributed by atoms with Crippen LogP contribution in [0.2, 0.25) is 0 Å². The molecule has 0 spiro atoms. The zero-order valence-corrected chi connectivity index (χ0v) is 16.9. The number of carbonyl (C=O) groups excluding carboxylic acids is 1. The monoisotopic (exact) mass is 424 g/mol. The van der Waals surface area contributed by atoms with Gasteiger partial charge in [-0.1, -0.05) is 12.1 Å². The number of para-hydroxylation sites is 2. The lowest BCUT2D eigenvalue weighted by atomic mass is 10.1. The third-order valence-electron chi connectivity index (χ3n) is 5.31. The summed E-state index contributed by atoms with van der Waals surface area (Å²) < 4.78 is 7.75. The first-order chi connectivity index (χ1) is 14.2. The van der Waals surface area contributed by atoms with E-state index in [2.05, 4.69) is 20.4 Å². The highest BCUT2D eigenvalue weighted by atomic mass is 35.5. The van der Waals surface area contributed by atoms with Gasteiger partial charge >= 0.3 is 0 Å². The fourth-order valence-electron chi connectivity index (χ4n) is 3.75. The number of benzene rings is 1. The molecule has 8 nitrogen and oxygen atoms in total. The van der Waals surface area contributed by atoms with Crippen molar-refractivity contribution in [3.8, 4) is 22.6 Å². The Morgan fingerprint density at radius 2 is 2.00 bits per heavy atom. The van der Waals surface area contributed by atoms with E-state index in [1.54, 1.807) is 6.20 Å². The third-order valence-corrected chi connectivity index (χ3v) is 5.31. The smallest absolute Gasteiger partial charge is 0.231 e. The van der Waals surface area contributed by atoms with Gasteiger partial charge in [0.15, 0.2) is 11.9 Å². The molecule has 3 N–H and O–H groups in total. The first-order valence-corrected chi connectivity index (χ1v) is 9.60. The summed E-state index contributed by atoms with van der Waals surface area (Å²) in [6.45, 7) is 1.89. The van der Waals surface area contributed by atoms with E-state index in [1.165, 1.54) is 0 Å². The molecule has 0 bridgehead atoms. The lowest BCUT2D eigenvalue weighted by Gasteiger charge is -2.22. The van der Waals surface area contributed by atoms with E-state index < -0.39 is 0 Å². The van der Waals surface area contributed by atoms with E-state index in [1.807, 2.05) is 41.2 Å². The number of aromatic nitrogens is 4.